The quantitative estimate of drug-likeness (QED) is 0.549. The maximum absolute atomic E-state index is 12.4. The van der Waals surface area contributed by atoms with Crippen molar-refractivity contribution in [2.24, 2.45) is 5.92 Å². The van der Waals surface area contributed by atoms with Crippen LogP contribution in [0.15, 0.2) is 42.5 Å². The van der Waals surface area contributed by atoms with E-state index in [0.717, 1.165) is 11.4 Å². The number of carbonyl (C=O) groups is 2. The second-order valence-corrected chi connectivity index (χ2v) is 7.07. The van der Waals surface area contributed by atoms with E-state index < -0.39 is 10.8 Å². The van der Waals surface area contributed by atoms with Gasteiger partial charge in [-0.15, -0.1) is 0 Å². The number of carbonyl (C=O) groups excluding carboxylic acids is 2. The number of ether oxygens (including phenoxy) is 1. The van der Waals surface area contributed by atoms with Crippen LogP contribution in [0.5, 0.6) is 5.75 Å². The Kier molecular flexibility index (Phi) is 6.33. The van der Waals surface area contributed by atoms with Crippen LogP contribution >= 0.6 is 11.6 Å². The molecule has 2 aromatic rings. The molecular formula is C20H20ClN3O5. The Morgan fingerprint density at radius 2 is 2.03 bits per heavy atom. The van der Waals surface area contributed by atoms with Crippen molar-refractivity contribution in [1.82, 2.24) is 5.32 Å². The van der Waals surface area contributed by atoms with Gasteiger partial charge in [-0.1, -0.05) is 11.6 Å². The molecule has 1 atom stereocenters. The molecule has 1 N–H and O–H groups in total. The molecule has 1 fully saturated rings. The smallest absolute Gasteiger partial charge is 0.282 e. The average molecular weight is 418 g/mol. The first kappa shape index (κ1) is 20.6. The first-order chi connectivity index (χ1) is 13.9. The van der Waals surface area contributed by atoms with E-state index >= 15 is 0 Å². The second-order valence-electron chi connectivity index (χ2n) is 6.63. The van der Waals surface area contributed by atoms with Gasteiger partial charge >= 0.3 is 0 Å². The summed E-state index contributed by atoms with van der Waals surface area (Å²) in [6.45, 7) is 3.13. The van der Waals surface area contributed by atoms with Crippen molar-refractivity contribution in [3.63, 3.8) is 0 Å². The average Bonchev–Trinajstić information content (AvgIpc) is 3.07. The van der Waals surface area contributed by atoms with Crippen molar-refractivity contribution in [2.75, 3.05) is 24.6 Å². The molecule has 8 nitrogen and oxygen atoms in total. The molecule has 0 bridgehead atoms. The van der Waals surface area contributed by atoms with Gasteiger partial charge in [-0.25, -0.2) is 0 Å². The second kappa shape index (κ2) is 8.91. The minimum atomic E-state index is -0.627. The van der Waals surface area contributed by atoms with Crippen LogP contribution in [0.1, 0.15) is 23.7 Å². The summed E-state index contributed by atoms with van der Waals surface area (Å²) in [7, 11) is 0. The van der Waals surface area contributed by atoms with Crippen molar-refractivity contribution >= 4 is 34.8 Å². The van der Waals surface area contributed by atoms with Crippen molar-refractivity contribution in [3.8, 4) is 5.75 Å². The number of hydrogen-bond donors (Lipinski definition) is 1. The zero-order valence-electron chi connectivity index (χ0n) is 15.8. The van der Waals surface area contributed by atoms with E-state index in [9.17, 15) is 19.7 Å². The Bertz CT molecular complexity index is 932. The minimum Gasteiger partial charge on any atom is -0.494 e. The zero-order valence-corrected chi connectivity index (χ0v) is 16.5. The first-order valence-electron chi connectivity index (χ1n) is 9.14. The Morgan fingerprint density at radius 3 is 2.69 bits per heavy atom. The fourth-order valence-electron chi connectivity index (χ4n) is 3.24. The lowest BCUT2D eigenvalue weighted by Crippen LogP contribution is -2.31. The third kappa shape index (κ3) is 4.83. The third-order valence-corrected chi connectivity index (χ3v) is 4.85. The lowest BCUT2D eigenvalue weighted by Gasteiger charge is -2.17. The molecule has 0 saturated carbocycles. The molecule has 1 heterocycles. The topological polar surface area (TPSA) is 102 Å². The predicted molar refractivity (Wildman–Crippen MR) is 109 cm³/mol. The summed E-state index contributed by atoms with van der Waals surface area (Å²) >= 11 is 5.87. The highest BCUT2D eigenvalue weighted by Crippen LogP contribution is 2.27. The lowest BCUT2D eigenvalue weighted by molar-refractivity contribution is -0.385. The molecule has 1 saturated heterocycles. The monoisotopic (exact) mass is 417 g/mol. The van der Waals surface area contributed by atoms with Gasteiger partial charge in [0.1, 0.15) is 11.3 Å². The minimum absolute atomic E-state index is 0.0397. The van der Waals surface area contributed by atoms with E-state index in [1.807, 2.05) is 19.1 Å². The Balaban J connectivity index is 1.62. The van der Waals surface area contributed by atoms with E-state index in [1.165, 1.54) is 18.2 Å². The molecule has 29 heavy (non-hydrogen) atoms. The Morgan fingerprint density at radius 1 is 1.31 bits per heavy atom. The van der Waals surface area contributed by atoms with Crippen LogP contribution in [0.4, 0.5) is 11.4 Å². The molecule has 3 rings (SSSR count). The number of amides is 2. The molecule has 0 radical (unpaired) electrons. The van der Waals surface area contributed by atoms with Gasteiger partial charge in [0, 0.05) is 42.2 Å². The molecule has 1 unspecified atom stereocenters. The van der Waals surface area contributed by atoms with Gasteiger partial charge in [-0.05, 0) is 43.3 Å². The Hall–Kier alpha value is -3.13. The molecular weight excluding hydrogens is 398 g/mol. The van der Waals surface area contributed by atoms with Crippen LogP contribution in [0.25, 0.3) is 0 Å². The van der Waals surface area contributed by atoms with Crippen LogP contribution < -0.4 is 15.0 Å². The normalized spacial score (nSPS) is 16.0. The third-order valence-electron chi connectivity index (χ3n) is 4.62. The van der Waals surface area contributed by atoms with E-state index in [0.29, 0.717) is 13.2 Å². The standard InChI is InChI=1S/C20H20ClN3O5/c1-2-29-16-6-4-15(5-7-16)23-12-13(9-19(23)25)11-22-20(26)17-10-14(21)3-8-18(17)24(27)28/h3-8,10,13H,2,9,11-12H2,1H3,(H,22,26). The van der Waals surface area contributed by atoms with Crippen LogP contribution in [0.3, 0.4) is 0 Å². The van der Waals surface area contributed by atoms with E-state index in [-0.39, 0.29) is 41.1 Å². The van der Waals surface area contributed by atoms with Crippen LogP contribution in [0, 0.1) is 16.0 Å². The van der Waals surface area contributed by atoms with Crippen molar-refractivity contribution in [2.45, 2.75) is 13.3 Å². The summed E-state index contributed by atoms with van der Waals surface area (Å²) < 4.78 is 5.40. The highest BCUT2D eigenvalue weighted by atomic mass is 35.5. The molecule has 9 heteroatoms. The van der Waals surface area contributed by atoms with E-state index in [2.05, 4.69) is 5.32 Å². The zero-order chi connectivity index (χ0) is 21.0. The number of nitro benzene ring substituents is 1. The summed E-state index contributed by atoms with van der Waals surface area (Å²) in [5.41, 5.74) is 0.346. The number of hydrogen-bond acceptors (Lipinski definition) is 5. The summed E-state index contributed by atoms with van der Waals surface area (Å²) in [6, 6.07) is 11.1. The number of halogens is 1. The predicted octanol–water partition coefficient (Wildman–Crippen LogP) is 3.43. The number of anilines is 1. The van der Waals surface area contributed by atoms with Gasteiger partial charge in [0.05, 0.1) is 11.5 Å². The number of nitro groups is 1. The van der Waals surface area contributed by atoms with Crippen molar-refractivity contribution in [1.29, 1.82) is 0 Å². The van der Waals surface area contributed by atoms with Crippen LogP contribution in [-0.2, 0) is 4.79 Å². The van der Waals surface area contributed by atoms with Crippen LogP contribution in [0.2, 0.25) is 5.02 Å². The van der Waals surface area contributed by atoms with Gasteiger partial charge in [0.15, 0.2) is 0 Å². The SMILES string of the molecule is CCOc1ccc(N2CC(CNC(=O)c3cc(Cl)ccc3[N+](=O)[O-])CC2=O)cc1. The molecule has 1 aliphatic heterocycles. The number of benzene rings is 2. The largest absolute Gasteiger partial charge is 0.494 e. The molecule has 2 amide bonds. The lowest BCUT2D eigenvalue weighted by atomic mass is 10.1. The van der Waals surface area contributed by atoms with Gasteiger partial charge in [-0.2, -0.15) is 0 Å². The fourth-order valence-corrected chi connectivity index (χ4v) is 3.41. The van der Waals surface area contributed by atoms with Crippen LogP contribution in [-0.4, -0.2) is 36.4 Å². The highest BCUT2D eigenvalue weighted by Gasteiger charge is 2.31. The number of nitrogens with zero attached hydrogens (tertiary/aromatic N) is 2. The number of rotatable bonds is 7. The van der Waals surface area contributed by atoms with Crippen molar-refractivity contribution in [3.05, 3.63) is 63.2 Å². The Labute approximate surface area is 172 Å². The van der Waals surface area contributed by atoms with Gasteiger partial charge in [0.25, 0.3) is 11.6 Å². The molecule has 152 valence electrons. The first-order valence-corrected chi connectivity index (χ1v) is 9.52. The summed E-state index contributed by atoms with van der Waals surface area (Å²) in [4.78, 5) is 37.0. The van der Waals surface area contributed by atoms with Gasteiger partial charge in [0.2, 0.25) is 5.91 Å². The fraction of sp³-hybridized carbons (Fsp3) is 0.300. The molecule has 0 aliphatic carbocycles. The molecule has 1 aliphatic rings. The van der Waals surface area contributed by atoms with E-state index in [4.69, 9.17) is 16.3 Å². The molecule has 2 aromatic carbocycles. The highest BCUT2D eigenvalue weighted by molar-refractivity contribution is 6.31. The van der Waals surface area contributed by atoms with Gasteiger partial charge in [-0.3, -0.25) is 19.7 Å². The maximum atomic E-state index is 12.4. The molecule has 0 aromatic heterocycles. The number of nitrogens with one attached hydrogen (secondary N) is 1. The van der Waals surface area contributed by atoms with Crippen molar-refractivity contribution < 1.29 is 19.2 Å². The van der Waals surface area contributed by atoms with Gasteiger partial charge < -0.3 is 15.0 Å². The summed E-state index contributed by atoms with van der Waals surface area (Å²) in [5, 5.41) is 14.0. The van der Waals surface area contributed by atoms with E-state index in [1.54, 1.807) is 17.0 Å². The summed E-state index contributed by atoms with van der Waals surface area (Å²) in [5.74, 6) is -0.000560. The molecule has 0 spiro atoms. The maximum Gasteiger partial charge on any atom is 0.282 e. The summed E-state index contributed by atoms with van der Waals surface area (Å²) in [6.07, 6.45) is 0.283.